The van der Waals surface area contributed by atoms with Crippen molar-refractivity contribution in [3.63, 3.8) is 0 Å². The molecular weight excluding hydrogens is 383 g/mol. The molecule has 0 aliphatic carbocycles. The summed E-state index contributed by atoms with van der Waals surface area (Å²) in [4.78, 5) is 3.68. The number of benzene rings is 1. The molecule has 27 heavy (non-hydrogen) atoms. The molecule has 0 saturated heterocycles. The Morgan fingerprint density at radius 2 is 1.74 bits per heavy atom. The van der Waals surface area contributed by atoms with Crippen LogP contribution in [0.5, 0.6) is 0 Å². The van der Waals surface area contributed by atoms with Crippen LogP contribution in [0.25, 0.3) is 17.1 Å². The first kappa shape index (κ1) is 18.9. The van der Waals surface area contributed by atoms with Crippen molar-refractivity contribution < 1.29 is 26.3 Å². The van der Waals surface area contributed by atoms with Gasteiger partial charge in [0.2, 0.25) is 0 Å². The van der Waals surface area contributed by atoms with Crippen molar-refractivity contribution in [1.82, 2.24) is 9.55 Å². The van der Waals surface area contributed by atoms with Crippen LogP contribution in [0.4, 0.5) is 13.2 Å². The summed E-state index contributed by atoms with van der Waals surface area (Å²) in [6.45, 7) is 1.56. The summed E-state index contributed by atoms with van der Waals surface area (Å²) in [5, 5.41) is 11.8. The average molecular weight is 397 g/mol. The molecule has 0 amide bonds. The lowest BCUT2D eigenvalue weighted by Gasteiger charge is -2.09. The third-order valence-corrected chi connectivity index (χ3v) is 5.03. The van der Waals surface area contributed by atoms with E-state index < -0.39 is 21.7 Å². The normalized spacial score (nSPS) is 12.3. The molecule has 0 unspecified atom stereocenters. The lowest BCUT2D eigenvalue weighted by atomic mass is 10.2. The van der Waals surface area contributed by atoms with E-state index in [0.717, 1.165) is 18.6 Å². The van der Waals surface area contributed by atoms with Crippen LogP contribution in [-0.2, 0) is 16.0 Å². The Kier molecular flexibility index (Phi) is 4.46. The van der Waals surface area contributed by atoms with Crippen LogP contribution in [0.15, 0.2) is 53.7 Å². The molecule has 0 bridgehead atoms. The van der Waals surface area contributed by atoms with Gasteiger partial charge in [0.15, 0.2) is 33.2 Å². The van der Waals surface area contributed by atoms with Crippen molar-refractivity contribution in [2.45, 2.75) is 18.0 Å². The molecule has 0 spiro atoms. The van der Waals surface area contributed by atoms with Gasteiger partial charge in [0.1, 0.15) is 0 Å². The van der Waals surface area contributed by atoms with Crippen LogP contribution < -0.4 is 4.73 Å². The molecule has 142 valence electrons. The molecule has 3 aromatic rings. The third-order valence-electron chi connectivity index (χ3n) is 3.91. The number of hydrogen-bond donors (Lipinski definition) is 0. The summed E-state index contributed by atoms with van der Waals surface area (Å²) in [5.41, 5.74) is -0.273. The van der Waals surface area contributed by atoms with Crippen molar-refractivity contribution in [3.8, 4) is 17.1 Å². The Balaban J connectivity index is 2.19. The largest absolute Gasteiger partial charge is 0.618 e. The van der Waals surface area contributed by atoms with Crippen LogP contribution in [-0.4, -0.2) is 24.2 Å². The smallest absolute Gasteiger partial charge is 0.434 e. The number of hydrogen-bond acceptors (Lipinski definition) is 4. The van der Waals surface area contributed by atoms with Gasteiger partial charge in [-0.3, -0.25) is 4.57 Å². The molecule has 2 heterocycles. The van der Waals surface area contributed by atoms with Gasteiger partial charge in [-0.15, -0.1) is 0 Å². The molecule has 1 aromatic carbocycles. The van der Waals surface area contributed by atoms with Crippen LogP contribution in [0, 0.1) is 12.1 Å². The minimum absolute atomic E-state index is 0.0386. The minimum Gasteiger partial charge on any atom is -0.618 e. The maximum absolute atomic E-state index is 13.2. The number of rotatable bonds is 3. The predicted molar refractivity (Wildman–Crippen MR) is 90.8 cm³/mol. The van der Waals surface area contributed by atoms with Crippen molar-refractivity contribution in [2.24, 2.45) is 0 Å². The molecular formula is C17H14F3N3O3S. The molecule has 2 aromatic heterocycles. The maximum atomic E-state index is 13.2. The SMILES string of the molecule is Cc1ccc(-c2nc(C(F)(F)F)cn2-c2ccc(S(C)(=O)=O)cc2)c[n+]1[O-]. The van der Waals surface area contributed by atoms with Gasteiger partial charge in [-0.1, -0.05) is 0 Å². The molecule has 0 N–H and O–H groups in total. The van der Waals surface area contributed by atoms with E-state index in [1.807, 2.05) is 0 Å². The number of imidazole rings is 1. The molecule has 0 fully saturated rings. The summed E-state index contributed by atoms with van der Waals surface area (Å²) < 4.78 is 64.3. The Bertz CT molecular complexity index is 1100. The summed E-state index contributed by atoms with van der Waals surface area (Å²) in [7, 11) is -3.44. The molecule has 3 rings (SSSR count). The molecule has 0 radical (unpaired) electrons. The highest BCUT2D eigenvalue weighted by Crippen LogP contribution is 2.32. The van der Waals surface area contributed by atoms with Crippen LogP contribution >= 0.6 is 0 Å². The highest BCUT2D eigenvalue weighted by Gasteiger charge is 2.35. The van der Waals surface area contributed by atoms with Gasteiger partial charge in [-0.25, -0.2) is 13.4 Å². The van der Waals surface area contributed by atoms with Crippen molar-refractivity contribution in [1.29, 1.82) is 0 Å². The van der Waals surface area contributed by atoms with E-state index in [1.165, 1.54) is 41.0 Å². The summed E-state index contributed by atoms with van der Waals surface area (Å²) in [6.07, 6.45) is -1.70. The monoisotopic (exact) mass is 397 g/mol. The van der Waals surface area contributed by atoms with Crippen LogP contribution in [0.2, 0.25) is 0 Å². The molecule has 0 aliphatic rings. The van der Waals surface area contributed by atoms with Gasteiger partial charge in [0.25, 0.3) is 0 Å². The van der Waals surface area contributed by atoms with Crippen LogP contribution in [0.3, 0.4) is 0 Å². The highest BCUT2D eigenvalue weighted by atomic mass is 32.2. The summed E-state index contributed by atoms with van der Waals surface area (Å²) in [5.74, 6) is -0.0842. The quantitative estimate of drug-likeness (QED) is 0.503. The number of nitrogens with zero attached hydrogens (tertiary/aromatic N) is 3. The zero-order chi connectivity index (χ0) is 20.0. The van der Waals surface area contributed by atoms with Gasteiger partial charge in [-0.2, -0.15) is 17.9 Å². The van der Waals surface area contributed by atoms with Gasteiger partial charge in [0.05, 0.1) is 10.5 Å². The van der Waals surface area contributed by atoms with E-state index in [9.17, 15) is 26.8 Å². The Morgan fingerprint density at radius 1 is 1.11 bits per heavy atom. The second kappa shape index (κ2) is 6.38. The Labute approximate surface area is 153 Å². The minimum atomic E-state index is -4.68. The first-order chi connectivity index (χ1) is 12.5. The fourth-order valence-corrected chi connectivity index (χ4v) is 3.09. The zero-order valence-electron chi connectivity index (χ0n) is 14.2. The number of alkyl halides is 3. The number of aromatic nitrogens is 3. The second-order valence-corrected chi connectivity index (χ2v) is 7.98. The van der Waals surface area contributed by atoms with E-state index in [1.54, 1.807) is 6.92 Å². The fraction of sp³-hybridized carbons (Fsp3) is 0.176. The van der Waals surface area contributed by atoms with Gasteiger partial charge >= 0.3 is 6.18 Å². The number of aryl methyl sites for hydroxylation is 1. The van der Waals surface area contributed by atoms with Crippen molar-refractivity contribution in [2.75, 3.05) is 6.26 Å². The van der Waals surface area contributed by atoms with E-state index in [4.69, 9.17) is 0 Å². The number of sulfone groups is 1. The molecule has 10 heteroatoms. The second-order valence-electron chi connectivity index (χ2n) is 5.97. The van der Waals surface area contributed by atoms with E-state index in [-0.39, 0.29) is 22.0 Å². The molecule has 0 atom stereocenters. The van der Waals surface area contributed by atoms with E-state index in [2.05, 4.69) is 4.98 Å². The number of halogens is 3. The summed E-state index contributed by atoms with van der Waals surface area (Å²) >= 11 is 0. The third kappa shape index (κ3) is 3.80. The van der Waals surface area contributed by atoms with Crippen molar-refractivity contribution >= 4 is 9.84 Å². The fourth-order valence-electron chi connectivity index (χ4n) is 2.46. The van der Waals surface area contributed by atoms with Gasteiger partial charge < -0.3 is 5.21 Å². The van der Waals surface area contributed by atoms with Gasteiger partial charge in [-0.05, 0) is 30.3 Å². The Hall–Kier alpha value is -2.88. The lowest BCUT2D eigenvalue weighted by Crippen LogP contribution is -2.29. The average Bonchev–Trinajstić information content (AvgIpc) is 3.02. The predicted octanol–water partition coefficient (Wildman–Crippen LogP) is 2.90. The molecule has 6 nitrogen and oxygen atoms in total. The van der Waals surface area contributed by atoms with Crippen molar-refractivity contribution in [3.05, 3.63) is 65.4 Å². The first-order valence-corrected chi connectivity index (χ1v) is 9.53. The summed E-state index contributed by atoms with van der Waals surface area (Å²) in [6, 6.07) is 8.31. The molecule has 0 aliphatic heterocycles. The standard InChI is InChI=1S/C17H14F3N3O3S/c1-11-3-4-12(9-23(11)24)16-21-15(17(18,19)20)10-22(16)13-5-7-14(8-6-13)27(2,25)26/h3-10H,1-2H3. The number of pyridine rings is 1. The zero-order valence-corrected chi connectivity index (χ0v) is 15.0. The molecule has 0 saturated carbocycles. The van der Waals surface area contributed by atoms with Gasteiger partial charge in [0, 0.05) is 31.1 Å². The topological polar surface area (TPSA) is 78.9 Å². The van der Waals surface area contributed by atoms with E-state index >= 15 is 0 Å². The highest BCUT2D eigenvalue weighted by molar-refractivity contribution is 7.90. The van der Waals surface area contributed by atoms with E-state index in [0.29, 0.717) is 10.4 Å². The van der Waals surface area contributed by atoms with Crippen LogP contribution in [0.1, 0.15) is 11.4 Å². The maximum Gasteiger partial charge on any atom is 0.434 e. The first-order valence-electron chi connectivity index (χ1n) is 7.64. The Morgan fingerprint density at radius 3 is 2.26 bits per heavy atom. The lowest BCUT2D eigenvalue weighted by molar-refractivity contribution is -0.611.